The number of carbonyl (C=O) groups is 1. The summed E-state index contributed by atoms with van der Waals surface area (Å²) in [6.07, 6.45) is 3.64. The Hall–Kier alpha value is -9.39. The van der Waals surface area contributed by atoms with Crippen molar-refractivity contribution in [3.05, 3.63) is 277 Å². The molecular weight excluding hydrogens is 988 g/mol. The second-order valence-electron chi connectivity index (χ2n) is 18.7. The van der Waals surface area contributed by atoms with E-state index in [9.17, 15) is 10.2 Å². The number of carboxylic acid groups (broad SMARTS) is 1. The van der Waals surface area contributed by atoms with Gasteiger partial charge in [0.1, 0.15) is 23.6 Å². The van der Waals surface area contributed by atoms with Gasteiger partial charge in [-0.2, -0.15) is 0 Å². The summed E-state index contributed by atoms with van der Waals surface area (Å²) in [7, 11) is 0. The third kappa shape index (κ3) is 10.5. The maximum atomic E-state index is 12.8. The Morgan fingerprint density at radius 2 is 0.675 bits per heavy atom. The van der Waals surface area contributed by atoms with Crippen LogP contribution in [0.4, 0.5) is 0 Å². The molecule has 0 aliphatic heterocycles. The van der Waals surface area contributed by atoms with Crippen molar-refractivity contribution in [2.75, 3.05) is 0 Å². The van der Waals surface area contributed by atoms with E-state index in [0.717, 1.165) is 106 Å². The summed E-state index contributed by atoms with van der Waals surface area (Å²) < 4.78 is 0. The van der Waals surface area contributed by atoms with E-state index >= 15 is 0 Å². The molecule has 0 saturated heterocycles. The predicted octanol–water partition coefficient (Wildman–Crippen LogP) is 16.2. The largest absolute Gasteiger partial charge is 0.550 e. The van der Waals surface area contributed by atoms with Crippen LogP contribution in [0.15, 0.2) is 265 Å². The van der Waals surface area contributed by atoms with E-state index in [1.165, 1.54) is 0 Å². The molecule has 0 unspecified atom stereocenters. The van der Waals surface area contributed by atoms with Crippen LogP contribution in [0.1, 0.15) is 41.3 Å². The molecule has 0 saturated carbocycles. The first-order valence-corrected chi connectivity index (χ1v) is 25.3. The Balaban J connectivity index is 0.00000130. The molecule has 12 rings (SSSR count). The molecule has 2 N–H and O–H groups in total. The molecule has 12 aromatic rings. The second kappa shape index (κ2) is 23.0. The summed E-state index contributed by atoms with van der Waals surface area (Å²) in [5, 5.41) is 42.6. The Morgan fingerprint density at radius 1 is 0.390 bits per heavy atom. The molecule has 0 spiro atoms. The van der Waals surface area contributed by atoms with Crippen LogP contribution in [-0.2, 0) is 21.9 Å². The van der Waals surface area contributed by atoms with E-state index in [1.54, 1.807) is 0 Å². The minimum Gasteiger partial charge on any atom is -0.550 e. The first-order chi connectivity index (χ1) is 37.3. The van der Waals surface area contributed by atoms with Crippen molar-refractivity contribution in [3.63, 3.8) is 0 Å². The van der Waals surface area contributed by atoms with Crippen LogP contribution in [0.2, 0.25) is 0 Å². The number of aliphatic imine (C=N–C) groups is 2. The molecule has 0 aromatic heterocycles. The summed E-state index contributed by atoms with van der Waals surface area (Å²) in [6, 6.07) is 86.1. The topological polar surface area (TPSA) is 105 Å². The number of fused-ring (bicyclic) bond motifs is 4. The summed E-state index contributed by atoms with van der Waals surface area (Å²) in [5.74, 6) is -0.788. The number of benzene rings is 12. The molecular formula is C70H51MnN2O4-. The van der Waals surface area contributed by atoms with Crippen molar-refractivity contribution < 1.29 is 37.2 Å². The van der Waals surface area contributed by atoms with Gasteiger partial charge in [0.05, 0.1) is 0 Å². The SMILES string of the molecule is CC(=O)[O-].Oc1c(C=N[C@H](c2ccccc2)[C@H](N=Cc2cc3ccccc3c(-c3c(-c4ccccc4)ccc4ccccc34)c2O)c2ccccc2)cc2ccccc2c1-c1c(-c2ccccc2)ccc2ccccc12.[Mn]. The maximum Gasteiger partial charge on any atom is 0.132 e. The summed E-state index contributed by atoms with van der Waals surface area (Å²) in [6.45, 7) is 0.972. The van der Waals surface area contributed by atoms with Gasteiger partial charge in [-0.05, 0) is 95.5 Å². The first kappa shape index (κ1) is 51.1. The predicted molar refractivity (Wildman–Crippen MR) is 312 cm³/mol. The number of hydrogen-bond donors (Lipinski definition) is 2. The van der Waals surface area contributed by atoms with Gasteiger partial charge in [-0.3, -0.25) is 9.98 Å². The van der Waals surface area contributed by atoms with Gasteiger partial charge in [0.15, 0.2) is 0 Å². The van der Waals surface area contributed by atoms with Crippen molar-refractivity contribution in [2.24, 2.45) is 9.98 Å². The average Bonchev–Trinajstić information content (AvgIpc) is 3.57. The Bertz CT molecular complexity index is 3860. The molecule has 6 nitrogen and oxygen atoms in total. The molecule has 7 heteroatoms. The molecule has 2 atom stereocenters. The van der Waals surface area contributed by atoms with Crippen molar-refractivity contribution in [1.82, 2.24) is 0 Å². The molecule has 1 radical (unpaired) electrons. The van der Waals surface area contributed by atoms with Gasteiger partial charge in [0.2, 0.25) is 0 Å². The van der Waals surface area contributed by atoms with Crippen LogP contribution < -0.4 is 5.11 Å². The number of aromatic hydroxyl groups is 2. The fourth-order valence-electron chi connectivity index (χ4n) is 10.5. The van der Waals surface area contributed by atoms with Gasteiger partial charge in [-0.1, -0.05) is 243 Å². The molecule has 0 bridgehead atoms. The Kier molecular flexibility index (Phi) is 15.3. The minimum atomic E-state index is -1.08. The molecule has 77 heavy (non-hydrogen) atoms. The zero-order chi connectivity index (χ0) is 52.0. The quantitative estimate of drug-likeness (QED) is 0.0994. The third-order valence-corrected chi connectivity index (χ3v) is 14.0. The molecule has 373 valence electrons. The monoisotopic (exact) mass is 1040 g/mol. The van der Waals surface area contributed by atoms with Crippen LogP contribution in [0, 0.1) is 0 Å². The van der Waals surface area contributed by atoms with E-state index in [2.05, 4.69) is 170 Å². The number of hydrogen-bond acceptors (Lipinski definition) is 6. The zero-order valence-electron chi connectivity index (χ0n) is 42.0. The number of nitrogens with zero attached hydrogens (tertiary/aromatic N) is 2. The molecule has 0 amide bonds. The normalized spacial score (nSPS) is 12.1. The van der Waals surface area contributed by atoms with Crippen molar-refractivity contribution in [3.8, 4) is 56.0 Å². The van der Waals surface area contributed by atoms with Gasteiger partial charge in [0, 0.05) is 68.8 Å². The van der Waals surface area contributed by atoms with Gasteiger partial charge >= 0.3 is 0 Å². The van der Waals surface area contributed by atoms with Crippen LogP contribution in [0.3, 0.4) is 0 Å². The van der Waals surface area contributed by atoms with Crippen LogP contribution in [0.5, 0.6) is 11.5 Å². The van der Waals surface area contributed by atoms with E-state index in [4.69, 9.17) is 19.9 Å². The summed E-state index contributed by atoms with van der Waals surface area (Å²) in [4.78, 5) is 19.8. The van der Waals surface area contributed by atoms with Gasteiger partial charge < -0.3 is 20.1 Å². The molecule has 12 aromatic carbocycles. The summed E-state index contributed by atoms with van der Waals surface area (Å²) in [5.41, 5.74) is 10.7. The summed E-state index contributed by atoms with van der Waals surface area (Å²) >= 11 is 0. The standard InChI is InChI=1S/C68H48N2O2.C2H4O2.Mn/c71-67-53(41-51-31-15-19-35-57(51)63(67)61-55-33-17-13-25-47(55)37-39-59(61)45-21-5-1-6-22-45)43-69-65(49-27-9-3-10-28-49)66(50-29-11-4-12-30-50)70-44-54-42-52-32-16-20-36-58(52)64(68(54)72)62-56-34-18-14-26-48(56)38-40-60(62)46-23-7-2-8-24-46;1-2(3)4;/h1-44,65-66,71-72H;1H3,(H,3,4);/p-1/t65-,66-;;/m1../s1. The number of phenols is 2. The smallest absolute Gasteiger partial charge is 0.132 e. The van der Waals surface area contributed by atoms with Crippen LogP contribution in [-0.4, -0.2) is 28.6 Å². The first-order valence-electron chi connectivity index (χ1n) is 25.3. The number of carbonyl (C=O) groups excluding carboxylic acids is 1. The molecule has 0 heterocycles. The number of aliphatic carboxylic acids is 1. The third-order valence-electron chi connectivity index (χ3n) is 14.0. The van der Waals surface area contributed by atoms with Gasteiger partial charge in [0.25, 0.3) is 0 Å². The van der Waals surface area contributed by atoms with Gasteiger partial charge in [-0.25, -0.2) is 0 Å². The zero-order valence-corrected chi connectivity index (χ0v) is 43.2. The molecule has 0 aliphatic carbocycles. The van der Waals surface area contributed by atoms with Crippen molar-refractivity contribution >= 4 is 61.5 Å². The van der Waals surface area contributed by atoms with Crippen LogP contribution in [0.25, 0.3) is 87.6 Å². The Morgan fingerprint density at radius 3 is 1.03 bits per heavy atom. The van der Waals surface area contributed by atoms with Crippen molar-refractivity contribution in [2.45, 2.75) is 19.0 Å². The van der Waals surface area contributed by atoms with E-state index in [0.29, 0.717) is 11.1 Å². The molecule has 0 fully saturated rings. The second-order valence-corrected chi connectivity index (χ2v) is 18.7. The Labute approximate surface area is 458 Å². The van der Waals surface area contributed by atoms with Gasteiger partial charge in [-0.15, -0.1) is 0 Å². The number of carboxylic acids is 1. The van der Waals surface area contributed by atoms with E-state index < -0.39 is 18.1 Å². The number of phenolic OH excluding ortho intramolecular Hbond substituents is 2. The average molecular weight is 1040 g/mol. The number of rotatable bonds is 11. The van der Waals surface area contributed by atoms with Crippen molar-refractivity contribution in [1.29, 1.82) is 0 Å². The maximum absolute atomic E-state index is 12.8. The fourth-order valence-corrected chi connectivity index (χ4v) is 10.5. The van der Waals surface area contributed by atoms with E-state index in [-0.39, 0.29) is 28.6 Å². The molecule has 0 aliphatic rings. The van der Waals surface area contributed by atoms with E-state index in [1.807, 2.05) is 97.4 Å². The minimum absolute atomic E-state index is 0. The van der Waals surface area contributed by atoms with Crippen LogP contribution >= 0.6 is 0 Å². The fraction of sp³-hybridized carbons (Fsp3) is 0.0429.